The van der Waals surface area contributed by atoms with E-state index >= 15 is 0 Å². The maximum atomic E-state index is 13.5. The highest BCUT2D eigenvalue weighted by Crippen LogP contribution is 2.12. The molecule has 1 aromatic rings. The summed E-state index contributed by atoms with van der Waals surface area (Å²) in [6.45, 7) is 5.86. The maximum absolute atomic E-state index is 13.5. The molecule has 0 saturated carbocycles. The Morgan fingerprint density at radius 3 is 2.65 bits per heavy atom. The van der Waals surface area contributed by atoms with Crippen LogP contribution in [0.25, 0.3) is 0 Å². The van der Waals surface area contributed by atoms with E-state index in [0.29, 0.717) is 25.2 Å². The van der Waals surface area contributed by atoms with Crippen LogP contribution in [0.1, 0.15) is 19.4 Å². The van der Waals surface area contributed by atoms with Crippen LogP contribution in [0.3, 0.4) is 0 Å². The van der Waals surface area contributed by atoms with E-state index < -0.39 is 11.6 Å². The Morgan fingerprint density at radius 2 is 2.06 bits per heavy atom. The molecular weight excluding hydrogens is 224 g/mol. The fourth-order valence-corrected chi connectivity index (χ4v) is 1.69. The number of hydrogen-bond donors (Lipinski definition) is 1. The number of benzene rings is 1. The zero-order valence-electron chi connectivity index (χ0n) is 10.3. The minimum atomic E-state index is -0.545. The van der Waals surface area contributed by atoms with Gasteiger partial charge in [-0.2, -0.15) is 0 Å². The van der Waals surface area contributed by atoms with Crippen molar-refractivity contribution >= 4 is 0 Å². The van der Waals surface area contributed by atoms with Crippen LogP contribution in [0.15, 0.2) is 18.2 Å². The standard InChI is InChI=1S/C13H19F2NO/c1-3-16-12(9-17-4-2)7-10-5-6-11(14)8-13(10)15/h5-6,8,12,16H,3-4,7,9H2,1-2H3. The fourth-order valence-electron chi connectivity index (χ4n) is 1.69. The second-order valence-electron chi connectivity index (χ2n) is 3.85. The lowest BCUT2D eigenvalue weighted by Gasteiger charge is -2.18. The van der Waals surface area contributed by atoms with Gasteiger partial charge in [-0.05, 0) is 31.5 Å². The van der Waals surface area contributed by atoms with Crippen molar-refractivity contribution in [2.45, 2.75) is 26.3 Å². The molecule has 2 nitrogen and oxygen atoms in total. The largest absolute Gasteiger partial charge is 0.380 e. The Labute approximate surface area is 101 Å². The summed E-state index contributed by atoms with van der Waals surface area (Å²) >= 11 is 0. The molecule has 1 atom stereocenters. The van der Waals surface area contributed by atoms with Gasteiger partial charge < -0.3 is 10.1 Å². The van der Waals surface area contributed by atoms with Crippen LogP contribution >= 0.6 is 0 Å². The highest BCUT2D eigenvalue weighted by atomic mass is 19.1. The van der Waals surface area contributed by atoms with Crippen molar-refractivity contribution < 1.29 is 13.5 Å². The van der Waals surface area contributed by atoms with Gasteiger partial charge in [-0.15, -0.1) is 0 Å². The van der Waals surface area contributed by atoms with Gasteiger partial charge in [0.1, 0.15) is 11.6 Å². The number of ether oxygens (including phenoxy) is 1. The highest BCUT2D eigenvalue weighted by molar-refractivity contribution is 5.19. The van der Waals surface area contributed by atoms with Crippen LogP contribution < -0.4 is 5.32 Å². The summed E-state index contributed by atoms with van der Waals surface area (Å²) in [6, 6.07) is 3.74. The summed E-state index contributed by atoms with van der Waals surface area (Å²) in [5.41, 5.74) is 0.511. The molecule has 0 heterocycles. The molecule has 0 aliphatic carbocycles. The van der Waals surface area contributed by atoms with Crippen molar-refractivity contribution in [1.82, 2.24) is 5.32 Å². The number of halogens is 2. The first-order chi connectivity index (χ1) is 8.17. The molecule has 0 aliphatic rings. The van der Waals surface area contributed by atoms with E-state index in [1.807, 2.05) is 13.8 Å². The lowest BCUT2D eigenvalue weighted by atomic mass is 10.1. The Bertz CT molecular complexity index is 344. The Balaban J connectivity index is 2.64. The second kappa shape index (κ2) is 7.35. The third-order valence-corrected chi connectivity index (χ3v) is 2.50. The molecule has 0 fully saturated rings. The van der Waals surface area contributed by atoms with Gasteiger partial charge in [-0.1, -0.05) is 13.0 Å². The smallest absolute Gasteiger partial charge is 0.129 e. The van der Waals surface area contributed by atoms with E-state index in [1.54, 1.807) is 0 Å². The summed E-state index contributed by atoms with van der Waals surface area (Å²) in [4.78, 5) is 0. The van der Waals surface area contributed by atoms with Gasteiger partial charge in [0.15, 0.2) is 0 Å². The third-order valence-electron chi connectivity index (χ3n) is 2.50. The lowest BCUT2D eigenvalue weighted by molar-refractivity contribution is 0.123. The molecule has 0 saturated heterocycles. The van der Waals surface area contributed by atoms with Crippen molar-refractivity contribution in [2.24, 2.45) is 0 Å². The summed E-state index contributed by atoms with van der Waals surface area (Å²) in [5.74, 6) is -1.04. The van der Waals surface area contributed by atoms with Crippen LogP contribution in [0.2, 0.25) is 0 Å². The normalized spacial score (nSPS) is 12.7. The molecule has 0 aliphatic heterocycles. The molecule has 0 amide bonds. The number of rotatable bonds is 7. The van der Waals surface area contributed by atoms with Crippen molar-refractivity contribution in [1.29, 1.82) is 0 Å². The van der Waals surface area contributed by atoms with Gasteiger partial charge in [0, 0.05) is 18.7 Å². The highest BCUT2D eigenvalue weighted by Gasteiger charge is 2.12. The molecule has 4 heteroatoms. The van der Waals surface area contributed by atoms with Crippen LogP contribution in [-0.2, 0) is 11.2 Å². The SMILES string of the molecule is CCNC(COCC)Cc1ccc(F)cc1F. The Hall–Kier alpha value is -1.00. The molecule has 17 heavy (non-hydrogen) atoms. The summed E-state index contributed by atoms with van der Waals surface area (Å²) < 4.78 is 31.5. The van der Waals surface area contributed by atoms with Crippen molar-refractivity contribution in [3.63, 3.8) is 0 Å². The van der Waals surface area contributed by atoms with E-state index in [9.17, 15) is 8.78 Å². The topological polar surface area (TPSA) is 21.3 Å². The van der Waals surface area contributed by atoms with Crippen molar-refractivity contribution in [3.05, 3.63) is 35.4 Å². The molecule has 96 valence electrons. The first kappa shape index (κ1) is 14.1. The summed E-state index contributed by atoms with van der Waals surface area (Å²) in [6.07, 6.45) is 0.500. The first-order valence-electron chi connectivity index (χ1n) is 5.92. The van der Waals surface area contributed by atoms with E-state index in [2.05, 4.69) is 5.32 Å². The van der Waals surface area contributed by atoms with E-state index in [0.717, 1.165) is 12.6 Å². The van der Waals surface area contributed by atoms with Gasteiger partial charge in [0.05, 0.1) is 6.61 Å². The zero-order chi connectivity index (χ0) is 12.7. The lowest BCUT2D eigenvalue weighted by Crippen LogP contribution is -2.35. The number of nitrogens with one attached hydrogen (secondary N) is 1. The van der Waals surface area contributed by atoms with Crippen molar-refractivity contribution in [2.75, 3.05) is 19.8 Å². The average molecular weight is 243 g/mol. The zero-order valence-corrected chi connectivity index (χ0v) is 10.3. The Morgan fingerprint density at radius 1 is 1.29 bits per heavy atom. The van der Waals surface area contributed by atoms with Crippen LogP contribution in [0, 0.1) is 11.6 Å². The van der Waals surface area contributed by atoms with Crippen LogP contribution in [0.4, 0.5) is 8.78 Å². The van der Waals surface area contributed by atoms with Gasteiger partial charge in [0.2, 0.25) is 0 Å². The van der Waals surface area contributed by atoms with Gasteiger partial charge in [-0.25, -0.2) is 8.78 Å². The third kappa shape index (κ3) is 4.79. The molecule has 1 rings (SSSR count). The van der Waals surface area contributed by atoms with E-state index in [4.69, 9.17) is 4.74 Å². The predicted molar refractivity (Wildman–Crippen MR) is 64.0 cm³/mol. The van der Waals surface area contributed by atoms with Gasteiger partial charge in [0.25, 0.3) is 0 Å². The minimum Gasteiger partial charge on any atom is -0.380 e. The van der Waals surface area contributed by atoms with Crippen LogP contribution in [-0.4, -0.2) is 25.8 Å². The minimum absolute atomic E-state index is 0.0555. The summed E-state index contributed by atoms with van der Waals surface area (Å²) in [7, 11) is 0. The molecule has 0 spiro atoms. The molecule has 0 aromatic heterocycles. The quantitative estimate of drug-likeness (QED) is 0.794. The van der Waals surface area contributed by atoms with E-state index in [1.165, 1.54) is 12.1 Å². The molecule has 0 radical (unpaired) electrons. The molecule has 1 unspecified atom stereocenters. The molecule has 1 aromatic carbocycles. The van der Waals surface area contributed by atoms with Gasteiger partial charge in [-0.3, -0.25) is 0 Å². The average Bonchev–Trinajstić information content (AvgIpc) is 2.29. The molecular formula is C13H19F2NO. The number of likely N-dealkylation sites (N-methyl/N-ethyl adjacent to an activating group) is 1. The fraction of sp³-hybridized carbons (Fsp3) is 0.538. The maximum Gasteiger partial charge on any atom is 0.129 e. The molecule has 1 N–H and O–H groups in total. The summed E-state index contributed by atoms with van der Waals surface area (Å²) in [5, 5.41) is 3.22. The number of hydrogen-bond acceptors (Lipinski definition) is 2. The molecule has 0 bridgehead atoms. The van der Waals surface area contributed by atoms with Crippen molar-refractivity contribution in [3.8, 4) is 0 Å². The first-order valence-corrected chi connectivity index (χ1v) is 5.92. The van der Waals surface area contributed by atoms with E-state index in [-0.39, 0.29) is 6.04 Å². The monoisotopic (exact) mass is 243 g/mol. The predicted octanol–water partition coefficient (Wildman–Crippen LogP) is 2.52. The Kier molecular flexibility index (Phi) is 6.08. The van der Waals surface area contributed by atoms with Crippen LogP contribution in [0.5, 0.6) is 0 Å². The second-order valence-corrected chi connectivity index (χ2v) is 3.85. The van der Waals surface area contributed by atoms with Gasteiger partial charge >= 0.3 is 0 Å².